The van der Waals surface area contributed by atoms with Gasteiger partial charge >= 0.3 is 5.97 Å². The third kappa shape index (κ3) is 2.87. The van der Waals surface area contributed by atoms with Crippen molar-refractivity contribution in [1.29, 1.82) is 0 Å². The number of hydrogen-bond donors (Lipinski definition) is 2. The molecule has 0 aliphatic carbocycles. The second-order valence-corrected chi connectivity index (χ2v) is 3.49. The number of methoxy groups -OCH3 is 1. The average Bonchev–Trinajstić information content (AvgIpc) is 2.21. The van der Waals surface area contributed by atoms with Gasteiger partial charge < -0.3 is 15.6 Å². The summed E-state index contributed by atoms with van der Waals surface area (Å²) in [6.45, 7) is 1.86. The first-order chi connectivity index (χ1) is 7.04. The summed E-state index contributed by atoms with van der Waals surface area (Å²) in [5.41, 5.74) is 7.08. The fourth-order valence-electron chi connectivity index (χ4n) is 1.43. The summed E-state index contributed by atoms with van der Waals surface area (Å²) in [6.07, 6.45) is 0.254. The van der Waals surface area contributed by atoms with E-state index in [1.165, 1.54) is 13.2 Å². The van der Waals surface area contributed by atoms with Gasteiger partial charge in [-0.15, -0.1) is 0 Å². The lowest BCUT2D eigenvalue weighted by atomic mass is 9.96. The molecule has 0 saturated carbocycles. The Hall–Kier alpha value is -1.71. The lowest BCUT2D eigenvalue weighted by molar-refractivity contribution is -0.140. The number of phenolic OH excluding ortho intramolecular Hbond substituents is 1. The van der Waals surface area contributed by atoms with E-state index >= 15 is 0 Å². The first-order valence-electron chi connectivity index (χ1n) is 4.69. The Morgan fingerprint density at radius 2 is 2.27 bits per heavy atom. The molecule has 0 radical (unpaired) electrons. The van der Waals surface area contributed by atoms with Crippen LogP contribution in [0.5, 0.6) is 5.75 Å². The minimum absolute atomic E-state index is 0.0652. The smallest absolute Gasteiger partial charge is 0.306 e. The number of esters is 1. The summed E-state index contributed by atoms with van der Waals surface area (Å²) >= 11 is 0. The van der Waals surface area contributed by atoms with Crippen LogP contribution in [0, 0.1) is 0 Å². The molecule has 82 valence electrons. The maximum Gasteiger partial charge on any atom is 0.306 e. The zero-order valence-electron chi connectivity index (χ0n) is 8.86. The van der Waals surface area contributed by atoms with Crippen molar-refractivity contribution in [2.45, 2.75) is 19.3 Å². The normalized spacial score (nSPS) is 12.1. The van der Waals surface area contributed by atoms with Gasteiger partial charge in [0.25, 0.3) is 0 Å². The van der Waals surface area contributed by atoms with Gasteiger partial charge in [0.05, 0.1) is 13.5 Å². The second kappa shape index (κ2) is 4.68. The molecule has 1 aromatic rings. The predicted molar refractivity (Wildman–Crippen MR) is 57.6 cm³/mol. The maximum absolute atomic E-state index is 11.1. The highest BCUT2D eigenvalue weighted by Gasteiger charge is 2.14. The van der Waals surface area contributed by atoms with Crippen LogP contribution in [0.15, 0.2) is 18.2 Å². The molecule has 0 heterocycles. The van der Waals surface area contributed by atoms with E-state index in [-0.39, 0.29) is 24.1 Å². The Bertz CT molecular complexity index is 363. The first-order valence-corrected chi connectivity index (χ1v) is 4.69. The molecule has 0 saturated heterocycles. The summed E-state index contributed by atoms with van der Waals surface area (Å²) < 4.78 is 4.57. The lowest BCUT2D eigenvalue weighted by Gasteiger charge is -2.13. The van der Waals surface area contributed by atoms with Crippen molar-refractivity contribution in [3.8, 4) is 5.75 Å². The highest BCUT2D eigenvalue weighted by atomic mass is 16.5. The van der Waals surface area contributed by atoms with Crippen LogP contribution >= 0.6 is 0 Å². The van der Waals surface area contributed by atoms with Gasteiger partial charge in [0.15, 0.2) is 0 Å². The van der Waals surface area contributed by atoms with E-state index in [0.29, 0.717) is 5.69 Å². The Balaban J connectivity index is 2.85. The number of aromatic hydroxyl groups is 1. The molecule has 4 heteroatoms. The van der Waals surface area contributed by atoms with Gasteiger partial charge in [-0.1, -0.05) is 6.92 Å². The molecule has 0 aliphatic rings. The van der Waals surface area contributed by atoms with Gasteiger partial charge in [-0.25, -0.2) is 0 Å². The van der Waals surface area contributed by atoms with Crippen LogP contribution in [-0.4, -0.2) is 18.2 Å². The van der Waals surface area contributed by atoms with Crippen LogP contribution in [0.25, 0.3) is 0 Å². The quantitative estimate of drug-likeness (QED) is 0.451. The number of nitrogen functional groups attached to an aromatic ring is 1. The van der Waals surface area contributed by atoms with E-state index in [4.69, 9.17) is 5.73 Å². The number of benzene rings is 1. The molecule has 0 bridgehead atoms. The van der Waals surface area contributed by atoms with Crippen molar-refractivity contribution in [2.75, 3.05) is 12.8 Å². The fourth-order valence-corrected chi connectivity index (χ4v) is 1.43. The average molecular weight is 209 g/mol. The number of ether oxygens (including phenoxy) is 1. The maximum atomic E-state index is 11.1. The molecule has 0 aliphatic heterocycles. The SMILES string of the molecule is COC(=O)CC(C)c1cc(O)ccc1N. The number of hydrogen-bond acceptors (Lipinski definition) is 4. The molecule has 0 spiro atoms. The number of nitrogens with two attached hydrogens (primary N) is 1. The molecule has 1 rings (SSSR count). The van der Waals surface area contributed by atoms with Crippen molar-refractivity contribution in [1.82, 2.24) is 0 Å². The van der Waals surface area contributed by atoms with Crippen LogP contribution in [0.1, 0.15) is 24.8 Å². The summed E-state index contributed by atoms with van der Waals surface area (Å²) in [4.78, 5) is 11.1. The van der Waals surface area contributed by atoms with Gasteiger partial charge in [0, 0.05) is 5.69 Å². The molecule has 1 aromatic carbocycles. The van der Waals surface area contributed by atoms with Gasteiger partial charge in [0.2, 0.25) is 0 Å². The summed E-state index contributed by atoms with van der Waals surface area (Å²) in [7, 11) is 1.35. The van der Waals surface area contributed by atoms with E-state index in [1.54, 1.807) is 12.1 Å². The highest BCUT2D eigenvalue weighted by molar-refractivity contribution is 5.71. The minimum atomic E-state index is -0.287. The number of anilines is 1. The third-order valence-corrected chi connectivity index (χ3v) is 2.30. The standard InChI is InChI=1S/C11H15NO3/c1-7(5-11(14)15-2)9-6-8(13)3-4-10(9)12/h3-4,6-7,13H,5,12H2,1-2H3. The largest absolute Gasteiger partial charge is 0.508 e. The molecule has 0 fully saturated rings. The zero-order valence-corrected chi connectivity index (χ0v) is 8.86. The summed E-state index contributed by atoms with van der Waals surface area (Å²) in [5, 5.41) is 9.31. The van der Waals surface area contributed by atoms with Crippen LogP contribution in [-0.2, 0) is 9.53 Å². The van der Waals surface area contributed by atoms with E-state index in [9.17, 15) is 9.90 Å². The first kappa shape index (κ1) is 11.4. The van der Waals surface area contributed by atoms with E-state index in [2.05, 4.69) is 4.74 Å². The number of carbonyl (C=O) groups is 1. The van der Waals surface area contributed by atoms with Crippen LogP contribution in [0.4, 0.5) is 5.69 Å². The minimum Gasteiger partial charge on any atom is -0.508 e. The zero-order chi connectivity index (χ0) is 11.4. The van der Waals surface area contributed by atoms with Crippen LogP contribution in [0.3, 0.4) is 0 Å². The van der Waals surface area contributed by atoms with Gasteiger partial charge in [-0.2, -0.15) is 0 Å². The third-order valence-electron chi connectivity index (χ3n) is 2.30. The number of carbonyl (C=O) groups excluding carboxylic acids is 1. The molecule has 3 N–H and O–H groups in total. The van der Waals surface area contributed by atoms with Crippen molar-refractivity contribution in [2.24, 2.45) is 0 Å². The predicted octanol–water partition coefficient (Wildman–Crippen LogP) is 1.64. The lowest BCUT2D eigenvalue weighted by Crippen LogP contribution is -2.07. The molecule has 0 aromatic heterocycles. The molecule has 15 heavy (non-hydrogen) atoms. The fraction of sp³-hybridized carbons (Fsp3) is 0.364. The Kier molecular flexibility index (Phi) is 3.55. The molecule has 0 amide bonds. The summed E-state index contributed by atoms with van der Waals surface area (Å²) in [6, 6.07) is 4.71. The van der Waals surface area contributed by atoms with Crippen LogP contribution in [0.2, 0.25) is 0 Å². The molecule has 1 atom stereocenters. The Labute approximate surface area is 88.7 Å². The van der Waals surface area contributed by atoms with Crippen molar-refractivity contribution < 1.29 is 14.6 Å². The molecular weight excluding hydrogens is 194 g/mol. The molecular formula is C11H15NO3. The molecule has 1 unspecified atom stereocenters. The number of rotatable bonds is 3. The van der Waals surface area contributed by atoms with E-state index in [1.807, 2.05) is 6.92 Å². The van der Waals surface area contributed by atoms with Gasteiger partial charge in [0.1, 0.15) is 5.75 Å². The Morgan fingerprint density at radius 1 is 1.60 bits per heavy atom. The summed E-state index contributed by atoms with van der Waals surface area (Å²) in [5.74, 6) is -0.203. The number of phenols is 1. The van der Waals surface area contributed by atoms with Crippen molar-refractivity contribution in [3.63, 3.8) is 0 Å². The van der Waals surface area contributed by atoms with E-state index in [0.717, 1.165) is 5.56 Å². The highest BCUT2D eigenvalue weighted by Crippen LogP contribution is 2.28. The van der Waals surface area contributed by atoms with Gasteiger partial charge in [-0.3, -0.25) is 4.79 Å². The van der Waals surface area contributed by atoms with Crippen molar-refractivity contribution >= 4 is 11.7 Å². The molecule has 4 nitrogen and oxygen atoms in total. The van der Waals surface area contributed by atoms with E-state index < -0.39 is 0 Å². The second-order valence-electron chi connectivity index (χ2n) is 3.49. The topological polar surface area (TPSA) is 72.5 Å². The Morgan fingerprint density at radius 3 is 2.87 bits per heavy atom. The van der Waals surface area contributed by atoms with Crippen LogP contribution < -0.4 is 5.73 Å². The monoisotopic (exact) mass is 209 g/mol. The van der Waals surface area contributed by atoms with Gasteiger partial charge in [-0.05, 0) is 29.7 Å². The van der Waals surface area contributed by atoms with Crippen molar-refractivity contribution in [3.05, 3.63) is 23.8 Å².